The highest BCUT2D eigenvalue weighted by Gasteiger charge is 1.94. The Morgan fingerprint density at radius 1 is 0.647 bits per heavy atom. The van der Waals surface area contributed by atoms with Gasteiger partial charge in [0.25, 0.3) is 0 Å². The molecule has 0 aromatic rings. The van der Waals surface area contributed by atoms with E-state index in [2.05, 4.69) is 51.7 Å². The van der Waals surface area contributed by atoms with Gasteiger partial charge in [0, 0.05) is 0 Å². The lowest BCUT2D eigenvalue weighted by molar-refractivity contribution is 0.324. The molecule has 0 heterocycles. The molecule has 0 amide bonds. The molecule has 0 aromatic carbocycles. The average Bonchev–Trinajstić information content (AvgIpc) is 2.32. The largest absolute Gasteiger partial charge is 0.309 e. The number of nitrogens with zero attached hydrogens (tertiary/aromatic N) is 2. The van der Waals surface area contributed by atoms with Crippen molar-refractivity contribution in [3.63, 3.8) is 0 Å². The molecule has 0 saturated heterocycles. The Kier molecular flexibility index (Phi) is 18.0. The van der Waals surface area contributed by atoms with Gasteiger partial charge in [0.2, 0.25) is 0 Å². The molecule has 0 aliphatic carbocycles. The molecule has 0 aliphatic rings. The SMILES string of the molecule is CCCCCC.CCN(C)CCCCN(C)C. The zero-order valence-electron chi connectivity index (χ0n) is 13.3. The summed E-state index contributed by atoms with van der Waals surface area (Å²) in [6.07, 6.45) is 8.18. The monoisotopic (exact) mass is 244 g/mol. The number of hydrogen-bond acceptors (Lipinski definition) is 2. The first-order chi connectivity index (χ1) is 8.08. The normalized spacial score (nSPS) is 10.6. The predicted octanol–water partition coefficient (Wildman–Crippen LogP) is 3.87. The molecule has 0 bridgehead atoms. The Bertz CT molecular complexity index is 120. The van der Waals surface area contributed by atoms with Crippen molar-refractivity contribution in [1.82, 2.24) is 9.80 Å². The van der Waals surface area contributed by atoms with E-state index in [1.807, 2.05) is 0 Å². The zero-order chi connectivity index (χ0) is 13.5. The molecule has 0 fully saturated rings. The summed E-state index contributed by atoms with van der Waals surface area (Å²) in [5.74, 6) is 0. The Hall–Kier alpha value is -0.0800. The third-order valence-corrected chi connectivity index (χ3v) is 2.89. The molecular weight excluding hydrogens is 208 g/mol. The molecule has 0 spiro atoms. The van der Waals surface area contributed by atoms with Crippen LogP contribution in [0.3, 0.4) is 0 Å². The van der Waals surface area contributed by atoms with Gasteiger partial charge in [0.05, 0.1) is 0 Å². The van der Waals surface area contributed by atoms with E-state index in [9.17, 15) is 0 Å². The minimum atomic E-state index is 1.17. The summed E-state index contributed by atoms with van der Waals surface area (Å²) in [5.41, 5.74) is 0. The van der Waals surface area contributed by atoms with Crippen molar-refractivity contribution >= 4 is 0 Å². The van der Waals surface area contributed by atoms with Crippen LogP contribution in [0.25, 0.3) is 0 Å². The quantitative estimate of drug-likeness (QED) is 0.568. The lowest BCUT2D eigenvalue weighted by Crippen LogP contribution is -2.20. The van der Waals surface area contributed by atoms with Crippen LogP contribution in [0.1, 0.15) is 59.3 Å². The van der Waals surface area contributed by atoms with Crippen LogP contribution in [0, 0.1) is 0 Å². The predicted molar refractivity (Wildman–Crippen MR) is 80.8 cm³/mol. The second kappa shape index (κ2) is 15.9. The van der Waals surface area contributed by atoms with Crippen molar-refractivity contribution < 1.29 is 0 Å². The maximum absolute atomic E-state index is 2.36. The molecule has 2 nitrogen and oxygen atoms in total. The average molecular weight is 244 g/mol. The molecule has 0 radical (unpaired) electrons. The maximum atomic E-state index is 2.36. The van der Waals surface area contributed by atoms with Crippen molar-refractivity contribution in [2.24, 2.45) is 0 Å². The first-order valence-corrected chi connectivity index (χ1v) is 7.41. The van der Waals surface area contributed by atoms with E-state index in [4.69, 9.17) is 0 Å². The molecule has 0 unspecified atom stereocenters. The van der Waals surface area contributed by atoms with E-state index < -0.39 is 0 Å². The van der Waals surface area contributed by atoms with Crippen LogP contribution in [-0.4, -0.2) is 50.6 Å². The van der Waals surface area contributed by atoms with Crippen molar-refractivity contribution in [3.8, 4) is 0 Å². The summed E-state index contributed by atoms with van der Waals surface area (Å²) in [6.45, 7) is 10.3. The standard InChI is InChI=1S/C9H22N2.C6H14/c1-5-11(4)9-7-6-8-10(2)3;1-3-5-6-4-2/h5-9H2,1-4H3;3-6H2,1-2H3. The van der Waals surface area contributed by atoms with Gasteiger partial charge in [0.15, 0.2) is 0 Å². The van der Waals surface area contributed by atoms with Crippen LogP contribution in [0.15, 0.2) is 0 Å². The molecular formula is C15H36N2. The van der Waals surface area contributed by atoms with Crippen molar-refractivity contribution in [3.05, 3.63) is 0 Å². The maximum Gasteiger partial charge on any atom is -0.00214 e. The Morgan fingerprint density at radius 2 is 1.12 bits per heavy atom. The molecule has 17 heavy (non-hydrogen) atoms. The topological polar surface area (TPSA) is 6.48 Å². The van der Waals surface area contributed by atoms with Gasteiger partial charge >= 0.3 is 0 Å². The summed E-state index contributed by atoms with van der Waals surface area (Å²) in [7, 11) is 6.43. The highest BCUT2D eigenvalue weighted by atomic mass is 15.1. The third kappa shape index (κ3) is 21.7. The molecule has 0 aromatic heterocycles. The lowest BCUT2D eigenvalue weighted by atomic mass is 10.2. The molecule has 0 rings (SSSR count). The summed E-state index contributed by atoms with van der Waals surface area (Å²) in [4.78, 5) is 4.60. The molecule has 0 saturated carbocycles. The lowest BCUT2D eigenvalue weighted by Gasteiger charge is -2.14. The van der Waals surface area contributed by atoms with Gasteiger partial charge < -0.3 is 9.80 Å². The van der Waals surface area contributed by atoms with E-state index >= 15 is 0 Å². The second-order valence-corrected chi connectivity index (χ2v) is 5.11. The van der Waals surface area contributed by atoms with Gasteiger partial charge in [-0.3, -0.25) is 0 Å². The smallest absolute Gasteiger partial charge is 0.00214 e. The summed E-state index contributed by atoms with van der Waals surface area (Å²) >= 11 is 0. The third-order valence-electron chi connectivity index (χ3n) is 2.89. The van der Waals surface area contributed by atoms with Gasteiger partial charge in [-0.15, -0.1) is 0 Å². The van der Waals surface area contributed by atoms with Crippen molar-refractivity contribution in [2.45, 2.75) is 59.3 Å². The zero-order valence-corrected chi connectivity index (χ0v) is 13.3. The molecule has 0 N–H and O–H groups in total. The number of hydrogen-bond donors (Lipinski definition) is 0. The fourth-order valence-corrected chi connectivity index (χ4v) is 1.47. The first-order valence-electron chi connectivity index (χ1n) is 7.41. The van der Waals surface area contributed by atoms with Gasteiger partial charge in [-0.25, -0.2) is 0 Å². The van der Waals surface area contributed by atoms with Crippen LogP contribution in [0.5, 0.6) is 0 Å². The van der Waals surface area contributed by atoms with Crippen LogP contribution >= 0.6 is 0 Å². The summed E-state index contributed by atoms with van der Waals surface area (Å²) < 4.78 is 0. The first kappa shape index (κ1) is 19.3. The van der Waals surface area contributed by atoms with Crippen LogP contribution in [0.2, 0.25) is 0 Å². The number of unbranched alkanes of at least 4 members (excludes halogenated alkanes) is 4. The van der Waals surface area contributed by atoms with E-state index in [1.165, 1.54) is 58.2 Å². The van der Waals surface area contributed by atoms with Gasteiger partial charge in [-0.2, -0.15) is 0 Å². The minimum absolute atomic E-state index is 1.17. The Labute approximate surface area is 110 Å². The summed E-state index contributed by atoms with van der Waals surface area (Å²) in [6, 6.07) is 0. The van der Waals surface area contributed by atoms with E-state index in [0.717, 1.165) is 0 Å². The van der Waals surface area contributed by atoms with Crippen LogP contribution < -0.4 is 0 Å². The Balaban J connectivity index is 0. The highest BCUT2D eigenvalue weighted by Crippen LogP contribution is 1.95. The van der Waals surface area contributed by atoms with Gasteiger partial charge in [-0.05, 0) is 53.6 Å². The van der Waals surface area contributed by atoms with Gasteiger partial charge in [-0.1, -0.05) is 46.5 Å². The Morgan fingerprint density at radius 3 is 1.47 bits per heavy atom. The van der Waals surface area contributed by atoms with Crippen molar-refractivity contribution in [2.75, 3.05) is 40.8 Å². The van der Waals surface area contributed by atoms with Crippen molar-refractivity contribution in [1.29, 1.82) is 0 Å². The molecule has 106 valence electrons. The summed E-state index contributed by atoms with van der Waals surface area (Å²) in [5, 5.41) is 0. The fraction of sp³-hybridized carbons (Fsp3) is 1.00. The van der Waals surface area contributed by atoms with E-state index in [0.29, 0.717) is 0 Å². The minimum Gasteiger partial charge on any atom is -0.309 e. The van der Waals surface area contributed by atoms with E-state index in [1.54, 1.807) is 0 Å². The highest BCUT2D eigenvalue weighted by molar-refractivity contribution is 4.50. The molecule has 0 atom stereocenters. The van der Waals surface area contributed by atoms with Crippen LogP contribution in [-0.2, 0) is 0 Å². The molecule has 2 heteroatoms. The van der Waals surface area contributed by atoms with Gasteiger partial charge in [0.1, 0.15) is 0 Å². The number of rotatable bonds is 9. The molecule has 0 aliphatic heterocycles. The second-order valence-electron chi connectivity index (χ2n) is 5.11. The van der Waals surface area contributed by atoms with E-state index in [-0.39, 0.29) is 0 Å². The van der Waals surface area contributed by atoms with Crippen LogP contribution in [0.4, 0.5) is 0 Å². The fourth-order valence-electron chi connectivity index (χ4n) is 1.47.